The summed E-state index contributed by atoms with van der Waals surface area (Å²) in [7, 11) is 0. The SMILES string of the molecule is CCCc1nc2c(n1C1COc3ccccc31)CCNC2. The maximum Gasteiger partial charge on any atom is 0.124 e. The molecule has 0 radical (unpaired) electrons. The molecule has 3 heterocycles. The van der Waals surface area contributed by atoms with Gasteiger partial charge in [0.2, 0.25) is 0 Å². The summed E-state index contributed by atoms with van der Waals surface area (Å²) in [6, 6.07) is 8.69. The predicted octanol–water partition coefficient (Wildman–Crippen LogP) is 2.46. The van der Waals surface area contributed by atoms with E-state index in [0.717, 1.165) is 44.7 Å². The second-order valence-electron chi connectivity index (χ2n) is 5.83. The van der Waals surface area contributed by atoms with Gasteiger partial charge in [-0.05, 0) is 12.5 Å². The van der Waals surface area contributed by atoms with Crippen LogP contribution in [0.4, 0.5) is 0 Å². The van der Waals surface area contributed by atoms with Gasteiger partial charge in [-0.2, -0.15) is 0 Å². The number of hydrogen-bond acceptors (Lipinski definition) is 3. The Balaban J connectivity index is 1.83. The third-order valence-electron chi connectivity index (χ3n) is 4.46. The van der Waals surface area contributed by atoms with Crippen LogP contribution in [0.25, 0.3) is 0 Å². The summed E-state index contributed by atoms with van der Waals surface area (Å²) in [5.74, 6) is 2.25. The molecule has 4 rings (SSSR count). The van der Waals surface area contributed by atoms with Crippen molar-refractivity contribution in [3.63, 3.8) is 0 Å². The van der Waals surface area contributed by atoms with Crippen LogP contribution in [0.15, 0.2) is 24.3 Å². The number of benzene rings is 1. The summed E-state index contributed by atoms with van der Waals surface area (Å²) in [4.78, 5) is 4.90. The topological polar surface area (TPSA) is 39.1 Å². The molecule has 4 nitrogen and oxygen atoms in total. The van der Waals surface area contributed by atoms with Gasteiger partial charge in [-0.1, -0.05) is 25.1 Å². The largest absolute Gasteiger partial charge is 0.491 e. The highest BCUT2D eigenvalue weighted by molar-refractivity contribution is 5.41. The number of fused-ring (bicyclic) bond motifs is 2. The molecule has 110 valence electrons. The van der Waals surface area contributed by atoms with Gasteiger partial charge in [0.1, 0.15) is 18.2 Å². The summed E-state index contributed by atoms with van der Waals surface area (Å²) < 4.78 is 8.36. The van der Waals surface area contributed by atoms with E-state index in [0.29, 0.717) is 0 Å². The Morgan fingerprint density at radius 2 is 2.29 bits per heavy atom. The lowest BCUT2D eigenvalue weighted by Gasteiger charge is -2.20. The number of nitrogens with one attached hydrogen (secondary N) is 1. The van der Waals surface area contributed by atoms with E-state index >= 15 is 0 Å². The van der Waals surface area contributed by atoms with Crippen molar-refractivity contribution in [3.8, 4) is 5.75 Å². The number of hydrogen-bond donors (Lipinski definition) is 1. The lowest BCUT2D eigenvalue weighted by atomic mass is 10.1. The molecule has 1 N–H and O–H groups in total. The Kier molecular flexibility index (Phi) is 3.19. The highest BCUT2D eigenvalue weighted by Gasteiger charge is 2.31. The zero-order valence-corrected chi connectivity index (χ0v) is 12.4. The summed E-state index contributed by atoms with van der Waals surface area (Å²) in [5, 5.41) is 3.43. The van der Waals surface area contributed by atoms with E-state index in [4.69, 9.17) is 9.72 Å². The number of aryl methyl sites for hydroxylation is 1. The van der Waals surface area contributed by atoms with Gasteiger partial charge < -0.3 is 14.6 Å². The van der Waals surface area contributed by atoms with Crippen molar-refractivity contribution >= 4 is 0 Å². The molecule has 2 aromatic rings. The Bertz CT molecular complexity index is 662. The maximum atomic E-state index is 5.89. The van der Waals surface area contributed by atoms with E-state index in [1.807, 2.05) is 6.07 Å². The Morgan fingerprint density at radius 1 is 1.38 bits per heavy atom. The minimum Gasteiger partial charge on any atom is -0.491 e. The Morgan fingerprint density at radius 3 is 3.19 bits per heavy atom. The fourth-order valence-corrected chi connectivity index (χ4v) is 3.52. The van der Waals surface area contributed by atoms with E-state index in [1.54, 1.807) is 0 Å². The lowest BCUT2D eigenvalue weighted by molar-refractivity contribution is 0.311. The van der Waals surface area contributed by atoms with Crippen molar-refractivity contribution in [2.75, 3.05) is 13.2 Å². The molecular formula is C17H21N3O. The van der Waals surface area contributed by atoms with Crippen molar-refractivity contribution in [2.24, 2.45) is 0 Å². The van der Waals surface area contributed by atoms with E-state index in [1.165, 1.54) is 22.8 Å². The second kappa shape index (κ2) is 5.19. The minimum atomic E-state index is 0.289. The average Bonchev–Trinajstić information content (AvgIpc) is 3.08. The van der Waals surface area contributed by atoms with Gasteiger partial charge in [-0.3, -0.25) is 0 Å². The Labute approximate surface area is 125 Å². The fourth-order valence-electron chi connectivity index (χ4n) is 3.52. The zero-order valence-electron chi connectivity index (χ0n) is 12.4. The van der Waals surface area contributed by atoms with Gasteiger partial charge in [0.15, 0.2) is 0 Å². The molecule has 1 aromatic heterocycles. The molecule has 0 saturated heterocycles. The highest BCUT2D eigenvalue weighted by atomic mass is 16.5. The summed E-state index contributed by atoms with van der Waals surface area (Å²) >= 11 is 0. The van der Waals surface area contributed by atoms with Gasteiger partial charge >= 0.3 is 0 Å². The molecule has 0 saturated carbocycles. The minimum absolute atomic E-state index is 0.289. The molecule has 0 amide bonds. The summed E-state index contributed by atoms with van der Waals surface area (Å²) in [6.45, 7) is 4.88. The number of imidazole rings is 1. The molecule has 2 aliphatic rings. The number of para-hydroxylation sites is 1. The lowest BCUT2D eigenvalue weighted by Crippen LogP contribution is -2.26. The van der Waals surface area contributed by atoms with Crippen LogP contribution in [0.1, 0.15) is 42.2 Å². The molecule has 2 aliphatic heterocycles. The van der Waals surface area contributed by atoms with Gasteiger partial charge in [0.05, 0.1) is 11.7 Å². The van der Waals surface area contributed by atoms with Crippen molar-refractivity contribution < 1.29 is 4.74 Å². The molecule has 1 unspecified atom stereocenters. The number of nitrogens with zero attached hydrogens (tertiary/aromatic N) is 2. The van der Waals surface area contributed by atoms with Crippen LogP contribution >= 0.6 is 0 Å². The van der Waals surface area contributed by atoms with E-state index in [-0.39, 0.29) is 6.04 Å². The van der Waals surface area contributed by atoms with Crippen LogP contribution in [0.5, 0.6) is 5.75 Å². The molecule has 1 atom stereocenters. The molecule has 0 fully saturated rings. The van der Waals surface area contributed by atoms with Crippen LogP contribution in [0.3, 0.4) is 0 Å². The van der Waals surface area contributed by atoms with Crippen LogP contribution < -0.4 is 10.1 Å². The van der Waals surface area contributed by atoms with E-state index in [9.17, 15) is 0 Å². The second-order valence-corrected chi connectivity index (χ2v) is 5.83. The van der Waals surface area contributed by atoms with Gasteiger partial charge in [-0.25, -0.2) is 4.98 Å². The van der Waals surface area contributed by atoms with Gasteiger partial charge in [-0.15, -0.1) is 0 Å². The van der Waals surface area contributed by atoms with Crippen molar-refractivity contribution in [2.45, 2.75) is 38.8 Å². The average molecular weight is 283 g/mol. The molecule has 0 bridgehead atoms. The van der Waals surface area contributed by atoms with Crippen molar-refractivity contribution in [1.82, 2.24) is 14.9 Å². The molecule has 0 aliphatic carbocycles. The summed E-state index contributed by atoms with van der Waals surface area (Å²) in [6.07, 6.45) is 3.22. The zero-order chi connectivity index (χ0) is 14.2. The molecule has 4 heteroatoms. The van der Waals surface area contributed by atoms with Crippen LogP contribution in [-0.2, 0) is 19.4 Å². The first kappa shape index (κ1) is 12.9. The summed E-state index contributed by atoms with van der Waals surface area (Å²) in [5.41, 5.74) is 3.94. The third kappa shape index (κ3) is 2.05. The van der Waals surface area contributed by atoms with Crippen molar-refractivity contribution in [3.05, 3.63) is 47.0 Å². The molecule has 0 spiro atoms. The number of ether oxygens (including phenoxy) is 1. The quantitative estimate of drug-likeness (QED) is 0.940. The monoisotopic (exact) mass is 283 g/mol. The molecular weight excluding hydrogens is 262 g/mol. The number of aromatic nitrogens is 2. The van der Waals surface area contributed by atoms with Crippen LogP contribution in [0, 0.1) is 0 Å². The van der Waals surface area contributed by atoms with Gasteiger partial charge in [0, 0.05) is 37.2 Å². The maximum absolute atomic E-state index is 5.89. The van der Waals surface area contributed by atoms with E-state index in [2.05, 4.69) is 35.0 Å². The van der Waals surface area contributed by atoms with E-state index < -0.39 is 0 Å². The first-order valence-corrected chi connectivity index (χ1v) is 7.89. The Hall–Kier alpha value is -1.81. The smallest absolute Gasteiger partial charge is 0.124 e. The van der Waals surface area contributed by atoms with Crippen LogP contribution in [0.2, 0.25) is 0 Å². The molecule has 1 aromatic carbocycles. The third-order valence-corrected chi connectivity index (χ3v) is 4.46. The fraction of sp³-hybridized carbons (Fsp3) is 0.471. The number of rotatable bonds is 3. The predicted molar refractivity (Wildman–Crippen MR) is 81.7 cm³/mol. The highest BCUT2D eigenvalue weighted by Crippen LogP contribution is 2.37. The standard InChI is InChI=1S/C17H21N3O/c1-2-5-17-19-13-10-18-9-8-14(13)20(17)15-11-21-16-7-4-3-6-12(15)16/h3-4,6-7,15,18H,2,5,8-11H2,1H3. The first-order chi connectivity index (χ1) is 10.4. The van der Waals surface area contributed by atoms with Crippen LogP contribution in [-0.4, -0.2) is 22.7 Å². The first-order valence-electron chi connectivity index (χ1n) is 7.89. The molecule has 21 heavy (non-hydrogen) atoms. The van der Waals surface area contributed by atoms with Gasteiger partial charge in [0.25, 0.3) is 0 Å². The normalized spacial score (nSPS) is 20.0. The van der Waals surface area contributed by atoms with Crippen molar-refractivity contribution in [1.29, 1.82) is 0 Å².